The zero-order chi connectivity index (χ0) is 15.2. The van der Waals surface area contributed by atoms with Gasteiger partial charge in [-0.1, -0.05) is 37.3 Å². The molecule has 0 saturated heterocycles. The van der Waals surface area contributed by atoms with Crippen LogP contribution in [0.15, 0.2) is 36.7 Å². The Hall–Kier alpha value is -2.50. The minimum Gasteiger partial charge on any atom is -0.480 e. The van der Waals surface area contributed by atoms with E-state index in [0.29, 0.717) is 6.42 Å². The van der Waals surface area contributed by atoms with Crippen LogP contribution in [0.2, 0.25) is 0 Å². The van der Waals surface area contributed by atoms with Crippen LogP contribution < -0.4 is 5.32 Å². The molecular weight excluding hydrogens is 273 g/mol. The van der Waals surface area contributed by atoms with E-state index in [4.69, 9.17) is 0 Å². The minimum absolute atomic E-state index is 0.0785. The van der Waals surface area contributed by atoms with Gasteiger partial charge in [0.15, 0.2) is 11.6 Å². The molecular formula is C15H16FN3O2. The number of carbonyl (C=O) groups is 1. The van der Waals surface area contributed by atoms with Crippen LogP contribution in [0.25, 0.3) is 0 Å². The van der Waals surface area contributed by atoms with Gasteiger partial charge >= 0.3 is 5.97 Å². The summed E-state index contributed by atoms with van der Waals surface area (Å²) in [4.78, 5) is 19.0. The Morgan fingerprint density at radius 1 is 1.33 bits per heavy atom. The summed E-state index contributed by atoms with van der Waals surface area (Å²) < 4.78 is 14.1. The van der Waals surface area contributed by atoms with Crippen LogP contribution in [-0.4, -0.2) is 27.1 Å². The summed E-state index contributed by atoms with van der Waals surface area (Å²) in [6.45, 7) is 1.77. The summed E-state index contributed by atoms with van der Waals surface area (Å²) in [5.74, 6) is -1.74. The van der Waals surface area contributed by atoms with Gasteiger partial charge < -0.3 is 10.4 Å². The Labute approximate surface area is 121 Å². The molecule has 1 aromatic heterocycles. The standard InChI is InChI=1S/C15H16FN3O2/c1-2-11-13(16)14(18-9-17-11)19-12(15(20)21)8-10-6-4-3-5-7-10/h3-7,9,12H,2,8H2,1H3,(H,20,21)(H,17,18,19)/t12-/m1/s1. The number of nitrogens with one attached hydrogen (secondary N) is 1. The Morgan fingerprint density at radius 3 is 2.67 bits per heavy atom. The predicted octanol–water partition coefficient (Wildman–Crippen LogP) is 2.29. The zero-order valence-corrected chi connectivity index (χ0v) is 11.6. The second-order valence-electron chi connectivity index (χ2n) is 4.56. The first-order valence-electron chi connectivity index (χ1n) is 6.64. The topological polar surface area (TPSA) is 75.1 Å². The van der Waals surface area contributed by atoms with Gasteiger partial charge in [-0.2, -0.15) is 0 Å². The molecule has 1 atom stereocenters. The summed E-state index contributed by atoms with van der Waals surface area (Å²) >= 11 is 0. The van der Waals surface area contributed by atoms with E-state index in [9.17, 15) is 14.3 Å². The molecule has 5 nitrogen and oxygen atoms in total. The monoisotopic (exact) mass is 289 g/mol. The molecule has 110 valence electrons. The van der Waals surface area contributed by atoms with E-state index in [1.807, 2.05) is 30.3 Å². The second kappa shape index (κ2) is 6.78. The summed E-state index contributed by atoms with van der Waals surface area (Å²) in [6, 6.07) is 8.20. The Balaban J connectivity index is 2.19. The van der Waals surface area contributed by atoms with Crippen molar-refractivity contribution in [3.63, 3.8) is 0 Å². The van der Waals surface area contributed by atoms with E-state index in [0.717, 1.165) is 5.56 Å². The number of hydrogen-bond donors (Lipinski definition) is 2. The van der Waals surface area contributed by atoms with Gasteiger partial charge in [0.25, 0.3) is 0 Å². The molecule has 0 amide bonds. The quantitative estimate of drug-likeness (QED) is 0.853. The third kappa shape index (κ3) is 3.75. The summed E-state index contributed by atoms with van der Waals surface area (Å²) in [5.41, 5.74) is 1.11. The molecule has 2 N–H and O–H groups in total. The van der Waals surface area contributed by atoms with Crippen LogP contribution in [0.1, 0.15) is 18.2 Å². The molecule has 0 fully saturated rings. The molecule has 6 heteroatoms. The van der Waals surface area contributed by atoms with Crippen molar-refractivity contribution < 1.29 is 14.3 Å². The number of aryl methyl sites for hydroxylation is 1. The zero-order valence-electron chi connectivity index (χ0n) is 11.6. The van der Waals surface area contributed by atoms with Crippen molar-refractivity contribution in [1.29, 1.82) is 0 Å². The number of nitrogens with zero attached hydrogens (tertiary/aromatic N) is 2. The summed E-state index contributed by atoms with van der Waals surface area (Å²) in [7, 11) is 0. The molecule has 1 heterocycles. The van der Waals surface area contributed by atoms with Gasteiger partial charge in [0.1, 0.15) is 12.4 Å². The van der Waals surface area contributed by atoms with Crippen LogP contribution in [0.4, 0.5) is 10.2 Å². The maximum absolute atomic E-state index is 14.1. The van der Waals surface area contributed by atoms with Crippen molar-refractivity contribution in [2.75, 3.05) is 5.32 Å². The highest BCUT2D eigenvalue weighted by Crippen LogP contribution is 2.16. The van der Waals surface area contributed by atoms with Crippen LogP contribution >= 0.6 is 0 Å². The lowest BCUT2D eigenvalue weighted by molar-refractivity contribution is -0.137. The number of anilines is 1. The Bertz CT molecular complexity index is 620. The van der Waals surface area contributed by atoms with Gasteiger partial charge in [-0.05, 0) is 12.0 Å². The van der Waals surface area contributed by atoms with Gasteiger partial charge in [-0.25, -0.2) is 19.2 Å². The molecule has 0 aliphatic carbocycles. The molecule has 2 aromatic rings. The van der Waals surface area contributed by atoms with Gasteiger partial charge in [-0.3, -0.25) is 0 Å². The largest absolute Gasteiger partial charge is 0.480 e. The smallest absolute Gasteiger partial charge is 0.326 e. The molecule has 0 unspecified atom stereocenters. The van der Waals surface area contributed by atoms with E-state index in [-0.39, 0.29) is 17.9 Å². The fraction of sp³-hybridized carbons (Fsp3) is 0.267. The number of aliphatic carboxylic acids is 1. The first-order chi connectivity index (χ1) is 10.1. The maximum Gasteiger partial charge on any atom is 0.326 e. The van der Waals surface area contributed by atoms with Crippen molar-refractivity contribution in [2.45, 2.75) is 25.8 Å². The molecule has 0 radical (unpaired) electrons. The van der Waals surface area contributed by atoms with Gasteiger partial charge in [0, 0.05) is 6.42 Å². The summed E-state index contributed by atoms with van der Waals surface area (Å²) in [6.07, 6.45) is 1.88. The third-order valence-corrected chi connectivity index (χ3v) is 3.09. The molecule has 0 aliphatic rings. The highest BCUT2D eigenvalue weighted by Gasteiger charge is 2.21. The maximum atomic E-state index is 14.1. The van der Waals surface area contributed by atoms with Crippen molar-refractivity contribution >= 4 is 11.8 Å². The molecule has 2 rings (SSSR count). The fourth-order valence-corrected chi connectivity index (χ4v) is 1.97. The lowest BCUT2D eigenvalue weighted by atomic mass is 10.1. The number of carboxylic acid groups (broad SMARTS) is 1. The number of halogens is 1. The van der Waals surface area contributed by atoms with Crippen LogP contribution in [0.3, 0.4) is 0 Å². The Morgan fingerprint density at radius 2 is 2.05 bits per heavy atom. The average Bonchev–Trinajstić information content (AvgIpc) is 2.49. The van der Waals surface area contributed by atoms with E-state index < -0.39 is 17.8 Å². The third-order valence-electron chi connectivity index (χ3n) is 3.09. The van der Waals surface area contributed by atoms with Crippen molar-refractivity contribution in [3.05, 3.63) is 53.7 Å². The predicted molar refractivity (Wildman–Crippen MR) is 76.6 cm³/mol. The molecule has 0 spiro atoms. The minimum atomic E-state index is -1.06. The number of carboxylic acids is 1. The average molecular weight is 289 g/mol. The number of hydrogen-bond acceptors (Lipinski definition) is 4. The lowest BCUT2D eigenvalue weighted by Gasteiger charge is -2.16. The van der Waals surface area contributed by atoms with Crippen molar-refractivity contribution in [3.8, 4) is 0 Å². The first kappa shape index (κ1) is 14.9. The molecule has 1 aromatic carbocycles. The highest BCUT2D eigenvalue weighted by atomic mass is 19.1. The van der Waals surface area contributed by atoms with Gasteiger partial charge in [0.05, 0.1) is 5.69 Å². The van der Waals surface area contributed by atoms with E-state index >= 15 is 0 Å². The van der Waals surface area contributed by atoms with E-state index in [1.54, 1.807) is 6.92 Å². The SMILES string of the molecule is CCc1ncnc(N[C@H](Cc2ccccc2)C(=O)O)c1F. The van der Waals surface area contributed by atoms with Crippen molar-refractivity contribution in [2.24, 2.45) is 0 Å². The van der Waals surface area contributed by atoms with Crippen LogP contribution in [0, 0.1) is 5.82 Å². The molecule has 21 heavy (non-hydrogen) atoms. The van der Waals surface area contributed by atoms with Crippen LogP contribution in [-0.2, 0) is 17.6 Å². The highest BCUT2D eigenvalue weighted by molar-refractivity contribution is 5.77. The van der Waals surface area contributed by atoms with Gasteiger partial charge in [0.2, 0.25) is 0 Å². The van der Waals surface area contributed by atoms with Crippen LogP contribution in [0.5, 0.6) is 0 Å². The molecule has 0 bridgehead atoms. The van der Waals surface area contributed by atoms with E-state index in [2.05, 4.69) is 15.3 Å². The van der Waals surface area contributed by atoms with Crippen molar-refractivity contribution in [1.82, 2.24) is 9.97 Å². The number of aromatic nitrogens is 2. The molecule has 0 aliphatic heterocycles. The normalized spacial score (nSPS) is 11.9. The van der Waals surface area contributed by atoms with Gasteiger partial charge in [-0.15, -0.1) is 0 Å². The number of benzene rings is 1. The Kier molecular flexibility index (Phi) is 4.81. The summed E-state index contributed by atoms with van der Waals surface area (Å²) in [5, 5.41) is 11.9. The first-order valence-corrected chi connectivity index (χ1v) is 6.64. The number of rotatable bonds is 6. The lowest BCUT2D eigenvalue weighted by Crippen LogP contribution is -2.32. The van der Waals surface area contributed by atoms with E-state index in [1.165, 1.54) is 6.33 Å². The fourth-order valence-electron chi connectivity index (χ4n) is 1.97. The molecule has 0 saturated carbocycles. The second-order valence-corrected chi connectivity index (χ2v) is 4.56.